The summed E-state index contributed by atoms with van der Waals surface area (Å²) in [5.74, 6) is 0. The first-order valence-corrected chi connectivity index (χ1v) is 3.23. The average Bonchev–Trinajstić information content (AvgIpc) is 1.97. The van der Waals surface area contributed by atoms with Crippen molar-refractivity contribution < 1.29 is 0 Å². The van der Waals surface area contributed by atoms with Crippen LogP contribution >= 0.6 is 0 Å². The Kier molecular flexibility index (Phi) is 45.4. The number of rotatable bonds is 0. The van der Waals surface area contributed by atoms with Gasteiger partial charge < -0.3 is 11.5 Å². The summed E-state index contributed by atoms with van der Waals surface area (Å²) < 4.78 is 0. The summed E-state index contributed by atoms with van der Waals surface area (Å²) in [4.78, 5) is 0. The van der Waals surface area contributed by atoms with Crippen molar-refractivity contribution in [2.75, 3.05) is 7.05 Å². The predicted octanol–water partition coefficient (Wildman–Crippen LogP) is 1.47. The highest BCUT2D eigenvalue weighted by atomic mass is 14.5. The fraction of sp³-hybridized carbons (Fsp3) is 0.714. The fourth-order valence-electron chi connectivity index (χ4n) is 0. The Bertz CT molecular complexity index is 44.9. The molecule has 0 aliphatic carbocycles. The van der Waals surface area contributed by atoms with E-state index < -0.39 is 0 Å². The fourth-order valence-corrected chi connectivity index (χ4v) is 0. The third kappa shape index (κ3) is 101. The van der Waals surface area contributed by atoms with Gasteiger partial charge in [-0.25, -0.2) is 0 Å². The van der Waals surface area contributed by atoms with Gasteiger partial charge in [-0.3, -0.25) is 0 Å². The molecule has 0 fully saturated rings. The molecule has 0 unspecified atom stereocenters. The van der Waals surface area contributed by atoms with Crippen LogP contribution in [0.25, 0.3) is 0 Å². The quantitative estimate of drug-likeness (QED) is 0.524. The minimum absolute atomic E-state index is 0.880. The topological polar surface area (TPSA) is 52.0 Å². The Hall–Kier alpha value is -0.500. The highest BCUT2D eigenvalue weighted by molar-refractivity contribution is 4.86. The summed E-state index contributed by atoms with van der Waals surface area (Å²) in [5.41, 5.74) is 10.5. The molecule has 0 spiro atoms. The van der Waals surface area contributed by atoms with Gasteiger partial charge in [0.15, 0.2) is 0 Å². The Balaban J connectivity index is -0.0000000771. The normalized spacial score (nSPS) is 8.00. The molecule has 9 heavy (non-hydrogen) atoms. The van der Waals surface area contributed by atoms with Gasteiger partial charge in [0, 0.05) is 5.70 Å². The summed E-state index contributed by atoms with van der Waals surface area (Å²) >= 11 is 0. The van der Waals surface area contributed by atoms with Crippen molar-refractivity contribution >= 4 is 0 Å². The third-order valence-electron chi connectivity index (χ3n) is 0.455. The van der Waals surface area contributed by atoms with Crippen molar-refractivity contribution in [2.24, 2.45) is 11.5 Å². The number of nitrogens with two attached hydrogens (primary N) is 2. The molecule has 0 atom stereocenters. The Morgan fingerprint density at radius 3 is 1.33 bits per heavy atom. The van der Waals surface area contributed by atoms with Crippen LogP contribution in [0.1, 0.15) is 27.7 Å². The summed E-state index contributed by atoms with van der Waals surface area (Å²) in [6, 6.07) is 0. The zero-order chi connectivity index (χ0) is 8.28. The largest absolute Gasteiger partial charge is 0.403 e. The van der Waals surface area contributed by atoms with E-state index in [0.29, 0.717) is 0 Å². The molecule has 0 rings (SSSR count). The lowest BCUT2D eigenvalue weighted by Crippen LogP contribution is -1.86. The van der Waals surface area contributed by atoms with E-state index in [4.69, 9.17) is 5.73 Å². The number of hydrogen-bond acceptors (Lipinski definition) is 2. The maximum atomic E-state index is 5.15. The molecular formula is C7H20N2. The lowest BCUT2D eigenvalue weighted by Gasteiger charge is -1.76. The highest BCUT2D eigenvalue weighted by Gasteiger charge is 1.60. The van der Waals surface area contributed by atoms with E-state index in [2.05, 4.69) is 5.73 Å². The number of allylic oxidation sites excluding steroid dienone is 2. The van der Waals surface area contributed by atoms with Crippen LogP contribution in [0.3, 0.4) is 0 Å². The Morgan fingerprint density at radius 1 is 1.22 bits per heavy atom. The zero-order valence-corrected chi connectivity index (χ0v) is 7.23. The third-order valence-corrected chi connectivity index (χ3v) is 0.455. The van der Waals surface area contributed by atoms with Gasteiger partial charge in [0.05, 0.1) is 0 Å². The van der Waals surface area contributed by atoms with Crippen molar-refractivity contribution in [1.29, 1.82) is 0 Å². The van der Waals surface area contributed by atoms with E-state index in [9.17, 15) is 0 Å². The molecule has 0 saturated carbocycles. The van der Waals surface area contributed by atoms with E-state index in [-0.39, 0.29) is 0 Å². The molecule has 0 aromatic heterocycles. The molecule has 2 nitrogen and oxygen atoms in total. The second-order valence-electron chi connectivity index (χ2n) is 1.03. The lowest BCUT2D eigenvalue weighted by molar-refractivity contribution is 1.29. The van der Waals surface area contributed by atoms with Gasteiger partial charge >= 0.3 is 0 Å². The van der Waals surface area contributed by atoms with E-state index in [1.165, 1.54) is 7.05 Å². The molecule has 0 saturated heterocycles. The van der Waals surface area contributed by atoms with Crippen LogP contribution in [0.15, 0.2) is 11.8 Å². The minimum Gasteiger partial charge on any atom is -0.403 e. The van der Waals surface area contributed by atoms with Crippen LogP contribution in [0, 0.1) is 0 Å². The first-order chi connectivity index (χ1) is 4.27. The van der Waals surface area contributed by atoms with Crippen molar-refractivity contribution in [1.82, 2.24) is 0 Å². The second kappa shape index (κ2) is 25.9. The SMILES string of the molecule is C/C=C(/C)N.CC.CN. The molecule has 0 heterocycles. The monoisotopic (exact) mass is 132 g/mol. The molecule has 0 aromatic rings. The standard InChI is InChI=1S/C4H9N.C2H6.CH5N/c1-3-4(2)5;2*1-2/h3H,5H2,1-2H3;1-2H3;2H2,1H3/b4-3-;;. The summed E-state index contributed by atoms with van der Waals surface area (Å²) in [6.07, 6.45) is 1.86. The van der Waals surface area contributed by atoms with Crippen molar-refractivity contribution in [3.05, 3.63) is 11.8 Å². The Morgan fingerprint density at radius 2 is 1.33 bits per heavy atom. The van der Waals surface area contributed by atoms with Crippen LogP contribution in [0.2, 0.25) is 0 Å². The predicted molar refractivity (Wildman–Crippen MR) is 45.1 cm³/mol. The van der Waals surface area contributed by atoms with Crippen molar-refractivity contribution in [3.8, 4) is 0 Å². The van der Waals surface area contributed by atoms with Gasteiger partial charge in [0.2, 0.25) is 0 Å². The zero-order valence-electron chi connectivity index (χ0n) is 7.23. The van der Waals surface area contributed by atoms with Crippen LogP contribution in [0.5, 0.6) is 0 Å². The smallest absolute Gasteiger partial charge is 0.000552 e. The summed E-state index contributed by atoms with van der Waals surface area (Å²) in [7, 11) is 1.50. The molecule has 0 radical (unpaired) electrons. The Labute approximate surface area is 58.9 Å². The van der Waals surface area contributed by atoms with Crippen molar-refractivity contribution in [2.45, 2.75) is 27.7 Å². The minimum atomic E-state index is 0.880. The van der Waals surface area contributed by atoms with E-state index in [1.54, 1.807) is 0 Å². The molecule has 2 heteroatoms. The summed E-state index contributed by atoms with van der Waals surface area (Å²) in [5, 5.41) is 0. The van der Waals surface area contributed by atoms with Crippen LogP contribution in [-0.4, -0.2) is 7.05 Å². The molecule has 0 aliphatic heterocycles. The maximum absolute atomic E-state index is 5.15. The van der Waals surface area contributed by atoms with Gasteiger partial charge in [-0.15, -0.1) is 0 Å². The van der Waals surface area contributed by atoms with Gasteiger partial charge in [-0.1, -0.05) is 19.9 Å². The van der Waals surface area contributed by atoms with Crippen LogP contribution < -0.4 is 11.5 Å². The molecule has 0 amide bonds. The van der Waals surface area contributed by atoms with Crippen molar-refractivity contribution in [3.63, 3.8) is 0 Å². The maximum Gasteiger partial charge on any atom is 0.000552 e. The van der Waals surface area contributed by atoms with Gasteiger partial charge in [0.25, 0.3) is 0 Å². The van der Waals surface area contributed by atoms with Crippen LogP contribution in [-0.2, 0) is 0 Å². The number of hydrogen-bond donors (Lipinski definition) is 2. The van der Waals surface area contributed by atoms with Gasteiger partial charge in [-0.2, -0.15) is 0 Å². The molecule has 0 bridgehead atoms. The molecule has 4 N–H and O–H groups in total. The van der Waals surface area contributed by atoms with Crippen LogP contribution in [0.4, 0.5) is 0 Å². The molecule has 0 aromatic carbocycles. The van der Waals surface area contributed by atoms with Gasteiger partial charge in [-0.05, 0) is 20.9 Å². The van der Waals surface area contributed by atoms with E-state index >= 15 is 0 Å². The summed E-state index contributed by atoms with van der Waals surface area (Å²) in [6.45, 7) is 7.77. The highest BCUT2D eigenvalue weighted by Crippen LogP contribution is 1.71. The first kappa shape index (κ1) is 15.8. The first-order valence-electron chi connectivity index (χ1n) is 3.23. The van der Waals surface area contributed by atoms with E-state index in [1.807, 2.05) is 33.8 Å². The molecule has 58 valence electrons. The molecule has 0 aliphatic rings. The van der Waals surface area contributed by atoms with E-state index in [0.717, 1.165) is 5.70 Å². The van der Waals surface area contributed by atoms with Gasteiger partial charge in [0.1, 0.15) is 0 Å². The molecular weight excluding hydrogens is 112 g/mol. The average molecular weight is 132 g/mol. The lowest BCUT2D eigenvalue weighted by atomic mass is 10.5. The second-order valence-corrected chi connectivity index (χ2v) is 1.03.